The predicted octanol–water partition coefficient (Wildman–Crippen LogP) is 0.119. The normalized spacial score (nSPS) is 11.4. The highest BCUT2D eigenvalue weighted by Gasteiger charge is 2.24. The highest BCUT2D eigenvalue weighted by atomic mass is 16.6. The second kappa shape index (κ2) is 3.92. The Balaban J connectivity index is 2.64. The number of benzene rings is 1. The third-order valence-electron chi connectivity index (χ3n) is 1.48. The minimum absolute atomic E-state index is 0.629. The van der Waals surface area contributed by atoms with Crippen molar-refractivity contribution in [1.82, 2.24) is 0 Å². The van der Waals surface area contributed by atoms with Crippen molar-refractivity contribution in [3.05, 3.63) is 30.3 Å². The number of hydrogen-bond donors (Lipinski definition) is 2. The standard InChI is InChI=1S/C9H13BO3/c1-9(2,11)13-10(12)8-6-4-3-5-7-8/h3-7,11-12H,1-2H3. The lowest BCUT2D eigenvalue weighted by atomic mass is 9.79. The van der Waals surface area contributed by atoms with Gasteiger partial charge in [-0.25, -0.2) is 0 Å². The van der Waals surface area contributed by atoms with Crippen molar-refractivity contribution >= 4 is 12.6 Å². The van der Waals surface area contributed by atoms with Crippen molar-refractivity contribution in [2.24, 2.45) is 0 Å². The van der Waals surface area contributed by atoms with E-state index in [1.54, 1.807) is 24.3 Å². The molecule has 1 aromatic rings. The Morgan fingerprint density at radius 3 is 2.23 bits per heavy atom. The van der Waals surface area contributed by atoms with Crippen LogP contribution in [0.2, 0.25) is 0 Å². The van der Waals surface area contributed by atoms with Crippen molar-refractivity contribution in [3.8, 4) is 0 Å². The summed E-state index contributed by atoms with van der Waals surface area (Å²) >= 11 is 0. The molecular formula is C9H13BO3. The van der Waals surface area contributed by atoms with Gasteiger partial charge in [-0.2, -0.15) is 0 Å². The first kappa shape index (κ1) is 10.2. The smallest absolute Gasteiger partial charge is 0.423 e. The molecule has 2 N–H and O–H groups in total. The molecule has 4 heteroatoms. The maximum atomic E-state index is 9.47. The molecule has 0 saturated heterocycles. The van der Waals surface area contributed by atoms with Gasteiger partial charge in [-0.05, 0) is 19.3 Å². The average molecular weight is 180 g/mol. The van der Waals surface area contributed by atoms with Crippen LogP contribution in [0.25, 0.3) is 0 Å². The van der Waals surface area contributed by atoms with Crippen LogP contribution >= 0.6 is 0 Å². The molecule has 0 atom stereocenters. The average Bonchev–Trinajstić information content (AvgIpc) is 2.03. The van der Waals surface area contributed by atoms with Gasteiger partial charge in [0.15, 0.2) is 0 Å². The lowest BCUT2D eigenvalue weighted by molar-refractivity contribution is -0.114. The Morgan fingerprint density at radius 2 is 1.77 bits per heavy atom. The van der Waals surface area contributed by atoms with Crippen molar-refractivity contribution < 1.29 is 14.8 Å². The largest absolute Gasteiger partial charge is 0.493 e. The summed E-state index contributed by atoms with van der Waals surface area (Å²) < 4.78 is 4.93. The van der Waals surface area contributed by atoms with Crippen LogP contribution in [0.15, 0.2) is 30.3 Å². The van der Waals surface area contributed by atoms with E-state index in [-0.39, 0.29) is 0 Å². The van der Waals surface area contributed by atoms with E-state index in [4.69, 9.17) is 4.65 Å². The van der Waals surface area contributed by atoms with Crippen LogP contribution in [0.1, 0.15) is 13.8 Å². The first-order chi connectivity index (χ1) is 5.99. The van der Waals surface area contributed by atoms with Gasteiger partial charge < -0.3 is 14.8 Å². The van der Waals surface area contributed by atoms with Gasteiger partial charge in [0.2, 0.25) is 0 Å². The van der Waals surface area contributed by atoms with Crippen LogP contribution in [0, 0.1) is 0 Å². The molecule has 0 bridgehead atoms. The van der Waals surface area contributed by atoms with Crippen LogP contribution in [-0.4, -0.2) is 23.0 Å². The van der Waals surface area contributed by atoms with Gasteiger partial charge in [0.1, 0.15) is 5.79 Å². The maximum absolute atomic E-state index is 9.47. The summed E-state index contributed by atoms with van der Waals surface area (Å²) in [4.78, 5) is 0. The van der Waals surface area contributed by atoms with E-state index in [1.807, 2.05) is 6.07 Å². The fourth-order valence-corrected chi connectivity index (χ4v) is 0.959. The van der Waals surface area contributed by atoms with Crippen LogP contribution < -0.4 is 5.46 Å². The molecule has 0 aliphatic heterocycles. The Labute approximate surface area is 78.1 Å². The van der Waals surface area contributed by atoms with E-state index in [2.05, 4.69) is 0 Å². The molecule has 0 aromatic heterocycles. The third kappa shape index (κ3) is 3.59. The summed E-state index contributed by atoms with van der Waals surface area (Å²) in [6.45, 7) is 2.94. The van der Waals surface area contributed by atoms with Gasteiger partial charge in [-0.15, -0.1) is 0 Å². The van der Waals surface area contributed by atoms with E-state index in [1.165, 1.54) is 13.8 Å². The zero-order chi connectivity index (χ0) is 9.90. The molecule has 70 valence electrons. The molecule has 0 aliphatic carbocycles. The minimum atomic E-state index is -1.32. The lowest BCUT2D eigenvalue weighted by Crippen LogP contribution is -2.41. The SMILES string of the molecule is CC(C)(O)OB(O)c1ccccc1. The second-order valence-corrected chi connectivity index (χ2v) is 3.33. The molecule has 0 amide bonds. The first-order valence-corrected chi connectivity index (χ1v) is 4.12. The third-order valence-corrected chi connectivity index (χ3v) is 1.48. The maximum Gasteiger partial charge on any atom is 0.493 e. The zero-order valence-electron chi connectivity index (χ0n) is 7.77. The van der Waals surface area contributed by atoms with Gasteiger partial charge in [-0.1, -0.05) is 30.3 Å². The molecule has 1 aromatic carbocycles. The molecule has 0 heterocycles. The molecule has 1 rings (SSSR count). The summed E-state index contributed by atoms with van der Waals surface area (Å²) in [6, 6.07) is 8.91. The highest BCUT2D eigenvalue weighted by Crippen LogP contribution is 2.04. The van der Waals surface area contributed by atoms with Crippen molar-refractivity contribution in [2.45, 2.75) is 19.6 Å². The van der Waals surface area contributed by atoms with Crippen LogP contribution in [0.4, 0.5) is 0 Å². The van der Waals surface area contributed by atoms with Crippen LogP contribution in [0.3, 0.4) is 0 Å². The summed E-state index contributed by atoms with van der Waals surface area (Å²) in [5.41, 5.74) is 0.629. The Kier molecular flexibility index (Phi) is 3.09. The zero-order valence-corrected chi connectivity index (χ0v) is 7.77. The van der Waals surface area contributed by atoms with E-state index < -0.39 is 12.9 Å². The predicted molar refractivity (Wildman–Crippen MR) is 51.4 cm³/mol. The van der Waals surface area contributed by atoms with Crippen molar-refractivity contribution in [2.75, 3.05) is 0 Å². The van der Waals surface area contributed by atoms with Crippen molar-refractivity contribution in [3.63, 3.8) is 0 Å². The molecule has 0 fully saturated rings. The number of hydrogen-bond acceptors (Lipinski definition) is 3. The first-order valence-electron chi connectivity index (χ1n) is 4.12. The monoisotopic (exact) mass is 180 g/mol. The summed E-state index contributed by atoms with van der Waals surface area (Å²) in [5, 5.41) is 18.7. The minimum Gasteiger partial charge on any atom is -0.423 e. The van der Waals surface area contributed by atoms with Gasteiger partial charge in [0.05, 0.1) is 0 Å². The van der Waals surface area contributed by atoms with Gasteiger partial charge in [0, 0.05) is 0 Å². The van der Waals surface area contributed by atoms with Gasteiger partial charge in [0.25, 0.3) is 0 Å². The van der Waals surface area contributed by atoms with Crippen LogP contribution in [-0.2, 0) is 4.65 Å². The van der Waals surface area contributed by atoms with E-state index in [9.17, 15) is 10.1 Å². The molecular weight excluding hydrogens is 167 g/mol. The quantitative estimate of drug-likeness (QED) is 0.513. The molecule has 0 unspecified atom stereocenters. The topological polar surface area (TPSA) is 49.7 Å². The summed E-state index contributed by atoms with van der Waals surface area (Å²) in [7, 11) is -1.08. The lowest BCUT2D eigenvalue weighted by Gasteiger charge is -2.20. The Bertz CT molecular complexity index is 255. The van der Waals surface area contributed by atoms with E-state index in [0.29, 0.717) is 5.46 Å². The molecule has 0 aliphatic rings. The second-order valence-electron chi connectivity index (χ2n) is 3.33. The van der Waals surface area contributed by atoms with Gasteiger partial charge >= 0.3 is 7.12 Å². The summed E-state index contributed by atoms with van der Waals surface area (Å²) in [5.74, 6) is -1.32. The molecule has 0 saturated carbocycles. The fourth-order valence-electron chi connectivity index (χ4n) is 0.959. The molecule has 13 heavy (non-hydrogen) atoms. The molecule has 3 nitrogen and oxygen atoms in total. The molecule has 0 spiro atoms. The fraction of sp³-hybridized carbons (Fsp3) is 0.333. The summed E-state index contributed by atoms with van der Waals surface area (Å²) in [6.07, 6.45) is 0. The highest BCUT2D eigenvalue weighted by molar-refractivity contribution is 6.60. The molecule has 0 radical (unpaired) electrons. The van der Waals surface area contributed by atoms with Gasteiger partial charge in [-0.3, -0.25) is 0 Å². The van der Waals surface area contributed by atoms with Crippen molar-refractivity contribution in [1.29, 1.82) is 0 Å². The number of aliphatic hydroxyl groups is 1. The van der Waals surface area contributed by atoms with E-state index >= 15 is 0 Å². The Morgan fingerprint density at radius 1 is 1.23 bits per heavy atom. The number of rotatable bonds is 3. The van der Waals surface area contributed by atoms with Crippen LogP contribution in [0.5, 0.6) is 0 Å². The Hall–Kier alpha value is -0.835. The van der Waals surface area contributed by atoms with E-state index in [0.717, 1.165) is 0 Å².